The Labute approximate surface area is 131 Å². The van der Waals surface area contributed by atoms with E-state index in [1.807, 2.05) is 0 Å². The van der Waals surface area contributed by atoms with E-state index in [-0.39, 0.29) is 65.5 Å². The van der Waals surface area contributed by atoms with E-state index in [0.29, 0.717) is 6.29 Å². The summed E-state index contributed by atoms with van der Waals surface area (Å²) < 4.78 is 13.6. The molecule has 0 aliphatic carbocycles. The minimum absolute atomic E-state index is 0. The number of aliphatic hydroxyl groups is 2. The predicted octanol–water partition coefficient (Wildman–Crippen LogP) is -6.23. The van der Waals surface area contributed by atoms with E-state index < -0.39 is 26.6 Å². The number of carbonyl (C=O) groups excluding carboxylic acids is 1. The number of phosphoric ester groups is 1. The summed E-state index contributed by atoms with van der Waals surface area (Å²) in [5.41, 5.74) is 0. The molecule has 10 heteroatoms. The quantitative estimate of drug-likeness (QED) is 0.275. The van der Waals surface area contributed by atoms with Gasteiger partial charge in [-0.15, -0.1) is 0 Å². The van der Waals surface area contributed by atoms with Gasteiger partial charge in [0.2, 0.25) is 0 Å². The van der Waals surface area contributed by atoms with Crippen molar-refractivity contribution in [3.05, 3.63) is 0 Å². The van der Waals surface area contributed by atoms with Crippen molar-refractivity contribution >= 4 is 43.7 Å². The second kappa shape index (κ2) is 10.8. The van der Waals surface area contributed by atoms with Gasteiger partial charge in [0.15, 0.2) is 0 Å². The first-order valence-electron chi connectivity index (χ1n) is 3.33. The molecule has 0 unspecified atom stereocenters. The largest absolute Gasteiger partial charge is 1.00 e. The molecule has 0 heterocycles. The second-order valence-electron chi connectivity index (χ2n) is 2.28. The van der Waals surface area contributed by atoms with Gasteiger partial charge in [0, 0.05) is 36.0 Å². The van der Waals surface area contributed by atoms with E-state index >= 15 is 0 Å². The maximum Gasteiger partial charge on any atom is 1.00 e. The van der Waals surface area contributed by atoms with E-state index in [0.717, 1.165) is 0 Å². The first kappa shape index (κ1) is 21.9. The fraction of sp³-hybridized carbons (Fsp3) is 0.800. The Morgan fingerprint density at radius 3 is 2.13 bits per heavy atom. The molecule has 0 aliphatic rings. The summed E-state index contributed by atoms with van der Waals surface area (Å²) in [5, 5.41) is 17.7. The minimum Gasteiger partial charge on any atom is -0.790 e. The summed E-state index contributed by atoms with van der Waals surface area (Å²) in [7, 11) is -5.14. The average Bonchev–Trinajstić information content (AvgIpc) is 1.99. The van der Waals surface area contributed by atoms with Crippen LogP contribution in [0.15, 0.2) is 0 Å². The molecule has 1 radical (unpaired) electrons. The molecule has 0 aliphatic heterocycles. The van der Waals surface area contributed by atoms with Crippen LogP contribution in [0.4, 0.5) is 0 Å². The van der Waals surface area contributed by atoms with Crippen LogP contribution in [0.3, 0.4) is 0 Å². The predicted molar refractivity (Wildman–Crippen MR) is 42.0 cm³/mol. The Morgan fingerprint density at radius 2 is 1.80 bits per heavy atom. The molecule has 0 fully saturated rings. The van der Waals surface area contributed by atoms with Gasteiger partial charge in [-0.1, -0.05) is 0 Å². The van der Waals surface area contributed by atoms with Crippen LogP contribution in [-0.2, 0) is 13.9 Å². The minimum atomic E-state index is -5.14. The fourth-order valence-electron chi connectivity index (χ4n) is 0.534. The van der Waals surface area contributed by atoms with Crippen molar-refractivity contribution in [2.75, 3.05) is 6.61 Å². The number of hydrogen-bond donors (Lipinski definition) is 2. The Hall–Kier alpha value is 1.70. The van der Waals surface area contributed by atoms with Gasteiger partial charge in [0.1, 0.15) is 12.4 Å². The first-order chi connectivity index (χ1) is 5.87. The van der Waals surface area contributed by atoms with Crippen molar-refractivity contribution in [2.45, 2.75) is 18.6 Å². The number of hydrogen-bond acceptors (Lipinski definition) is 7. The van der Waals surface area contributed by atoms with Gasteiger partial charge in [-0.25, -0.2) is 0 Å². The first-order valence-corrected chi connectivity index (χ1v) is 4.79. The van der Waals surface area contributed by atoms with Crippen LogP contribution in [0, 0.1) is 0 Å². The number of rotatable bonds is 6. The van der Waals surface area contributed by atoms with Crippen LogP contribution in [0.2, 0.25) is 0 Å². The van der Waals surface area contributed by atoms with Crippen molar-refractivity contribution in [1.82, 2.24) is 0 Å². The van der Waals surface area contributed by atoms with Crippen molar-refractivity contribution in [2.24, 2.45) is 0 Å². The molecular weight excluding hydrogens is 249 g/mol. The van der Waals surface area contributed by atoms with Gasteiger partial charge >= 0.3 is 29.6 Å². The molecule has 7 nitrogen and oxygen atoms in total. The van der Waals surface area contributed by atoms with Gasteiger partial charge in [0.25, 0.3) is 0 Å². The van der Waals surface area contributed by atoms with Gasteiger partial charge in [-0.3, -0.25) is 0 Å². The summed E-state index contributed by atoms with van der Waals surface area (Å²) in [6.07, 6.45) is -3.00. The van der Waals surface area contributed by atoms with Gasteiger partial charge in [0.05, 0.1) is 20.5 Å². The standard InChI is InChI=1S/C5H11O7P.2Na/c6-2-1-4(7)5(8)3-12-13(9,10)11;;/h2,4-5,7-8H,1,3H2,(H2,9,10,11);;/q;;+1/p-2/t4-,5+;;/m0../s1. The number of aliphatic hydroxyl groups excluding tert-OH is 2. The van der Waals surface area contributed by atoms with E-state index in [4.69, 9.17) is 10.2 Å². The molecule has 0 spiro atoms. The van der Waals surface area contributed by atoms with Crippen molar-refractivity contribution in [3.63, 3.8) is 0 Å². The molecule has 0 aromatic heterocycles. The fourth-order valence-corrected chi connectivity index (χ4v) is 0.870. The maximum atomic E-state index is 9.90. The number of aldehydes is 1. The summed E-state index contributed by atoms with van der Waals surface area (Å²) >= 11 is 0. The number of phosphoric acid groups is 1. The SMILES string of the molecule is O=CC[C@H](O)[C@H](O)COP(=O)([O-])[O-].[Na+].[Na]. The van der Waals surface area contributed by atoms with E-state index in [9.17, 15) is 19.1 Å². The zero-order valence-corrected chi connectivity index (χ0v) is 13.4. The van der Waals surface area contributed by atoms with Crippen molar-refractivity contribution in [3.8, 4) is 0 Å². The van der Waals surface area contributed by atoms with E-state index in [1.165, 1.54) is 0 Å². The smallest absolute Gasteiger partial charge is 0.790 e. The molecule has 0 rings (SSSR count). The molecule has 0 saturated heterocycles. The average molecular weight is 258 g/mol. The van der Waals surface area contributed by atoms with Crippen LogP contribution in [-0.4, -0.2) is 64.9 Å². The third-order valence-electron chi connectivity index (χ3n) is 1.19. The van der Waals surface area contributed by atoms with Crippen molar-refractivity contribution < 1.29 is 63.4 Å². The Kier molecular flexibility index (Phi) is 15.8. The third kappa shape index (κ3) is 13.6. The summed E-state index contributed by atoms with van der Waals surface area (Å²) in [4.78, 5) is 29.6. The van der Waals surface area contributed by atoms with Crippen molar-refractivity contribution in [1.29, 1.82) is 0 Å². The Bertz CT molecular complexity index is 208. The van der Waals surface area contributed by atoms with Crippen LogP contribution >= 0.6 is 7.82 Å². The summed E-state index contributed by atoms with van der Waals surface area (Å²) in [5.74, 6) is 0. The molecule has 0 aromatic rings. The summed E-state index contributed by atoms with van der Waals surface area (Å²) in [6.45, 7) is -0.848. The van der Waals surface area contributed by atoms with E-state index in [1.54, 1.807) is 0 Å². The van der Waals surface area contributed by atoms with E-state index in [2.05, 4.69) is 4.52 Å². The molecule has 0 aromatic carbocycles. The van der Waals surface area contributed by atoms with Crippen LogP contribution < -0.4 is 39.3 Å². The van der Waals surface area contributed by atoms with Gasteiger partial charge < -0.3 is 33.9 Å². The van der Waals surface area contributed by atoms with Gasteiger partial charge in [-0.05, 0) is 0 Å². The molecule has 79 valence electrons. The van der Waals surface area contributed by atoms with Crippen LogP contribution in [0.5, 0.6) is 0 Å². The summed E-state index contributed by atoms with van der Waals surface area (Å²) in [6, 6.07) is 0. The van der Waals surface area contributed by atoms with Crippen LogP contribution in [0.25, 0.3) is 0 Å². The zero-order valence-electron chi connectivity index (χ0n) is 8.53. The topological polar surface area (TPSA) is 130 Å². The Balaban J connectivity index is -0.000000720. The zero-order chi connectivity index (χ0) is 10.5. The molecular formula is C5H9Na2O7P-. The monoisotopic (exact) mass is 258 g/mol. The molecule has 2 atom stereocenters. The molecule has 0 bridgehead atoms. The molecule has 15 heavy (non-hydrogen) atoms. The molecule has 0 amide bonds. The normalized spacial score (nSPS) is 14.4. The molecule has 2 N–H and O–H groups in total. The van der Waals surface area contributed by atoms with Crippen LogP contribution in [0.1, 0.15) is 6.42 Å². The number of carbonyl (C=O) groups is 1. The second-order valence-corrected chi connectivity index (χ2v) is 3.43. The maximum absolute atomic E-state index is 9.90. The Morgan fingerprint density at radius 1 is 1.33 bits per heavy atom. The van der Waals surface area contributed by atoms with Gasteiger partial charge in [-0.2, -0.15) is 0 Å². The molecule has 0 saturated carbocycles. The third-order valence-corrected chi connectivity index (χ3v) is 1.65.